The van der Waals surface area contributed by atoms with Gasteiger partial charge < -0.3 is 4.74 Å². The molecule has 3 rings (SSSR count). The molecule has 32 heavy (non-hydrogen) atoms. The molecule has 1 N–H and O–H groups in total. The van der Waals surface area contributed by atoms with Crippen molar-refractivity contribution in [2.75, 3.05) is 5.75 Å². The van der Waals surface area contributed by atoms with Gasteiger partial charge in [0.2, 0.25) is 0 Å². The van der Waals surface area contributed by atoms with E-state index < -0.39 is 0 Å². The average molecular weight is 554 g/mol. The van der Waals surface area contributed by atoms with Gasteiger partial charge in [-0.1, -0.05) is 41.0 Å². The van der Waals surface area contributed by atoms with Crippen molar-refractivity contribution in [2.24, 2.45) is 5.10 Å². The highest BCUT2D eigenvalue weighted by molar-refractivity contribution is 9.10. The van der Waals surface area contributed by atoms with Crippen LogP contribution in [0.5, 0.6) is 5.75 Å². The first-order valence-corrected chi connectivity index (χ1v) is 12.0. The van der Waals surface area contributed by atoms with Gasteiger partial charge in [0.15, 0.2) is 5.16 Å². The fraction of sp³-hybridized carbons (Fsp3) is 0.182. The quantitative estimate of drug-likeness (QED) is 0.160. The summed E-state index contributed by atoms with van der Waals surface area (Å²) in [5.74, 6) is 0.583. The average Bonchev–Trinajstić information content (AvgIpc) is 2.72. The van der Waals surface area contributed by atoms with Crippen LogP contribution < -0.4 is 10.2 Å². The molecule has 3 aromatic rings. The standard InChI is InChI=1S/C22H19BrCl2N4O2S/c1-13-7-14(2)28-22(27-13)32-12-21(30)29-26-10-15-3-6-20(18(23)8-15)31-11-16-4-5-17(24)9-19(16)25/h3-10H,11-12H2,1-2H3,(H,29,30)/b26-10-. The van der Waals surface area contributed by atoms with E-state index in [2.05, 4.69) is 36.4 Å². The van der Waals surface area contributed by atoms with Gasteiger partial charge in [-0.2, -0.15) is 5.10 Å². The largest absolute Gasteiger partial charge is 0.488 e. The van der Waals surface area contributed by atoms with Gasteiger partial charge in [-0.15, -0.1) is 0 Å². The van der Waals surface area contributed by atoms with Crippen molar-refractivity contribution in [3.05, 3.63) is 79.5 Å². The minimum absolute atomic E-state index is 0.171. The maximum absolute atomic E-state index is 12.0. The fourth-order valence-electron chi connectivity index (χ4n) is 2.61. The number of halogens is 3. The van der Waals surface area contributed by atoms with E-state index >= 15 is 0 Å². The number of thioether (sulfide) groups is 1. The van der Waals surface area contributed by atoms with Crippen molar-refractivity contribution in [2.45, 2.75) is 25.6 Å². The predicted molar refractivity (Wildman–Crippen MR) is 133 cm³/mol. The lowest BCUT2D eigenvalue weighted by atomic mass is 10.2. The number of ether oxygens (including phenoxy) is 1. The number of hydrogen-bond acceptors (Lipinski definition) is 6. The second-order valence-corrected chi connectivity index (χ2v) is 9.37. The lowest BCUT2D eigenvalue weighted by Gasteiger charge is -2.10. The Balaban J connectivity index is 1.50. The highest BCUT2D eigenvalue weighted by Crippen LogP contribution is 2.28. The van der Waals surface area contributed by atoms with E-state index in [0.29, 0.717) is 27.6 Å². The van der Waals surface area contributed by atoms with Gasteiger partial charge in [-0.3, -0.25) is 4.79 Å². The first kappa shape index (κ1) is 24.5. The van der Waals surface area contributed by atoms with Crippen molar-refractivity contribution < 1.29 is 9.53 Å². The molecular formula is C22H19BrCl2N4O2S. The minimum atomic E-state index is -0.243. The third kappa shape index (κ3) is 7.48. The SMILES string of the molecule is Cc1cc(C)nc(SCC(=O)N/N=C\c2ccc(OCc3ccc(Cl)cc3Cl)c(Br)c2)n1. The lowest BCUT2D eigenvalue weighted by Crippen LogP contribution is -2.19. The van der Waals surface area contributed by atoms with E-state index in [9.17, 15) is 4.79 Å². The second-order valence-electron chi connectivity index (χ2n) is 6.73. The van der Waals surface area contributed by atoms with Crippen LogP contribution in [0.2, 0.25) is 10.0 Å². The smallest absolute Gasteiger partial charge is 0.250 e. The van der Waals surface area contributed by atoms with Gasteiger partial charge in [-0.05, 0) is 71.7 Å². The lowest BCUT2D eigenvalue weighted by molar-refractivity contribution is -0.118. The summed E-state index contributed by atoms with van der Waals surface area (Å²) in [5.41, 5.74) is 5.87. The molecule has 2 aromatic carbocycles. The number of aryl methyl sites for hydroxylation is 2. The normalized spacial score (nSPS) is 11.0. The molecule has 1 aromatic heterocycles. The highest BCUT2D eigenvalue weighted by atomic mass is 79.9. The molecule has 1 amide bonds. The second kappa shape index (κ2) is 11.7. The van der Waals surface area contributed by atoms with Crippen LogP contribution in [0.15, 0.2) is 57.2 Å². The van der Waals surface area contributed by atoms with Crippen LogP contribution in [0, 0.1) is 13.8 Å². The number of aromatic nitrogens is 2. The number of amides is 1. The van der Waals surface area contributed by atoms with Crippen LogP contribution in [-0.2, 0) is 11.4 Å². The van der Waals surface area contributed by atoms with Gasteiger partial charge >= 0.3 is 0 Å². The third-order valence-electron chi connectivity index (χ3n) is 4.05. The Kier molecular flexibility index (Phi) is 8.92. The summed E-state index contributed by atoms with van der Waals surface area (Å²) in [6.07, 6.45) is 1.56. The summed E-state index contributed by atoms with van der Waals surface area (Å²) in [5, 5.41) is 5.70. The highest BCUT2D eigenvalue weighted by Gasteiger charge is 2.07. The van der Waals surface area contributed by atoms with Crippen molar-refractivity contribution in [1.29, 1.82) is 0 Å². The topological polar surface area (TPSA) is 76.5 Å². The van der Waals surface area contributed by atoms with Gasteiger partial charge in [0.1, 0.15) is 12.4 Å². The molecule has 10 heteroatoms. The molecule has 0 saturated carbocycles. The van der Waals surface area contributed by atoms with Gasteiger partial charge in [0.05, 0.1) is 16.4 Å². The first-order chi connectivity index (χ1) is 15.3. The number of carbonyl (C=O) groups is 1. The van der Waals surface area contributed by atoms with E-state index in [1.807, 2.05) is 44.2 Å². The van der Waals surface area contributed by atoms with E-state index in [0.717, 1.165) is 27.0 Å². The van der Waals surface area contributed by atoms with Crippen LogP contribution in [0.4, 0.5) is 0 Å². The van der Waals surface area contributed by atoms with E-state index in [1.54, 1.807) is 18.3 Å². The predicted octanol–water partition coefficient (Wildman–Crippen LogP) is 5.98. The number of benzene rings is 2. The zero-order valence-corrected chi connectivity index (χ0v) is 21.1. The first-order valence-electron chi connectivity index (χ1n) is 9.43. The number of hydrogen-bond donors (Lipinski definition) is 1. The third-order valence-corrected chi connectivity index (χ3v) is 6.11. The van der Waals surface area contributed by atoms with Crippen LogP contribution in [0.1, 0.15) is 22.5 Å². The van der Waals surface area contributed by atoms with Crippen LogP contribution in [0.25, 0.3) is 0 Å². The monoisotopic (exact) mass is 552 g/mol. The molecule has 0 fully saturated rings. The van der Waals surface area contributed by atoms with Crippen molar-refractivity contribution >= 4 is 63.0 Å². The Bertz CT molecular complexity index is 1140. The van der Waals surface area contributed by atoms with E-state index in [1.165, 1.54) is 11.8 Å². The molecule has 1 heterocycles. The van der Waals surface area contributed by atoms with Crippen LogP contribution in [0.3, 0.4) is 0 Å². The Morgan fingerprint density at radius 2 is 1.91 bits per heavy atom. The molecule has 0 unspecified atom stereocenters. The molecule has 0 aliphatic heterocycles. The Labute approximate surface area is 208 Å². The zero-order chi connectivity index (χ0) is 23.1. The summed E-state index contributed by atoms with van der Waals surface area (Å²) in [6.45, 7) is 4.09. The number of hydrazone groups is 1. The molecular weight excluding hydrogens is 535 g/mol. The minimum Gasteiger partial charge on any atom is -0.488 e. The van der Waals surface area contributed by atoms with Crippen LogP contribution >= 0.6 is 50.9 Å². The van der Waals surface area contributed by atoms with E-state index in [-0.39, 0.29) is 11.7 Å². The van der Waals surface area contributed by atoms with Crippen LogP contribution in [-0.4, -0.2) is 27.8 Å². The Morgan fingerprint density at radius 1 is 1.16 bits per heavy atom. The summed E-state index contributed by atoms with van der Waals surface area (Å²) >= 11 is 16.8. The Morgan fingerprint density at radius 3 is 2.59 bits per heavy atom. The molecule has 0 radical (unpaired) electrons. The summed E-state index contributed by atoms with van der Waals surface area (Å²) in [6, 6.07) is 12.6. The van der Waals surface area contributed by atoms with Gasteiger partial charge in [0, 0.05) is 27.0 Å². The summed E-state index contributed by atoms with van der Waals surface area (Å²) in [4.78, 5) is 20.6. The molecule has 0 aliphatic carbocycles. The van der Waals surface area contributed by atoms with Crippen molar-refractivity contribution in [1.82, 2.24) is 15.4 Å². The molecule has 6 nitrogen and oxygen atoms in total. The fourth-order valence-corrected chi connectivity index (χ4v) is 4.32. The molecule has 0 atom stereocenters. The number of nitrogens with one attached hydrogen (secondary N) is 1. The molecule has 0 aliphatic rings. The van der Waals surface area contributed by atoms with Crippen molar-refractivity contribution in [3.63, 3.8) is 0 Å². The van der Waals surface area contributed by atoms with E-state index in [4.69, 9.17) is 27.9 Å². The Hall–Kier alpha value is -2.13. The summed E-state index contributed by atoms with van der Waals surface area (Å²) in [7, 11) is 0. The number of rotatable bonds is 8. The maximum Gasteiger partial charge on any atom is 0.250 e. The number of nitrogens with zero attached hydrogens (tertiary/aromatic N) is 3. The van der Waals surface area contributed by atoms with Gasteiger partial charge in [-0.25, -0.2) is 15.4 Å². The maximum atomic E-state index is 12.0. The molecule has 166 valence electrons. The molecule has 0 saturated heterocycles. The summed E-state index contributed by atoms with van der Waals surface area (Å²) < 4.78 is 6.58. The van der Waals surface area contributed by atoms with Crippen molar-refractivity contribution in [3.8, 4) is 5.75 Å². The molecule has 0 spiro atoms. The molecule has 0 bridgehead atoms. The van der Waals surface area contributed by atoms with Gasteiger partial charge in [0.25, 0.3) is 5.91 Å². The zero-order valence-electron chi connectivity index (χ0n) is 17.2. The number of carbonyl (C=O) groups excluding carboxylic acids is 1.